The van der Waals surface area contributed by atoms with Crippen LogP contribution in [0.3, 0.4) is 0 Å². The van der Waals surface area contributed by atoms with Crippen molar-refractivity contribution in [2.45, 2.75) is 78.7 Å². The van der Waals surface area contributed by atoms with Crippen LogP contribution in [0, 0.1) is 40.4 Å². The highest BCUT2D eigenvalue weighted by atomic mass is 16.3. The molecule has 0 aliphatic heterocycles. The van der Waals surface area contributed by atoms with E-state index in [1.165, 1.54) is 25.7 Å². The molecule has 4 aliphatic carbocycles. The Balaban J connectivity index is 1.68. The molecule has 3 fully saturated rings. The normalized spacial score (nSPS) is 53.6. The van der Waals surface area contributed by atoms with Crippen LogP contribution in [0.1, 0.15) is 72.6 Å². The number of Topliss-reactive ketones (excluding diaryl/α,β-unsaturated/α-hetero) is 1. The van der Waals surface area contributed by atoms with Gasteiger partial charge in [0.25, 0.3) is 0 Å². The number of carbonyl (C=O) groups is 1. The lowest BCUT2D eigenvalue weighted by atomic mass is 9.47. The average Bonchev–Trinajstić information content (AvgIpc) is 2.78. The molecule has 0 aromatic heterocycles. The molecule has 8 atom stereocenters. The Kier molecular flexibility index (Phi) is 3.81. The van der Waals surface area contributed by atoms with Crippen molar-refractivity contribution in [1.29, 1.82) is 0 Å². The molecular formula is C22H34O2. The Labute approximate surface area is 147 Å². The molecule has 4 rings (SSSR count). The number of aliphatic hydroxyl groups is 1. The minimum atomic E-state index is -0.122. The van der Waals surface area contributed by atoms with Crippen molar-refractivity contribution < 1.29 is 9.90 Å². The second kappa shape index (κ2) is 5.43. The first-order valence-electron chi connectivity index (χ1n) is 10.2. The first-order valence-corrected chi connectivity index (χ1v) is 10.2. The second-order valence-electron chi connectivity index (χ2n) is 10.0. The first kappa shape index (κ1) is 16.8. The van der Waals surface area contributed by atoms with Gasteiger partial charge in [-0.15, -0.1) is 0 Å². The van der Waals surface area contributed by atoms with Gasteiger partial charge < -0.3 is 5.11 Å². The van der Waals surface area contributed by atoms with Crippen molar-refractivity contribution in [3.63, 3.8) is 0 Å². The van der Waals surface area contributed by atoms with E-state index < -0.39 is 0 Å². The second-order valence-corrected chi connectivity index (χ2v) is 10.0. The molecule has 134 valence electrons. The van der Waals surface area contributed by atoms with E-state index in [1.807, 2.05) is 6.92 Å². The smallest absolute Gasteiger partial charge is 0.133 e. The van der Waals surface area contributed by atoms with Crippen LogP contribution in [0.15, 0.2) is 11.6 Å². The summed E-state index contributed by atoms with van der Waals surface area (Å²) in [5.41, 5.74) is 2.07. The summed E-state index contributed by atoms with van der Waals surface area (Å²) < 4.78 is 0. The van der Waals surface area contributed by atoms with Crippen molar-refractivity contribution in [2.24, 2.45) is 40.4 Å². The van der Waals surface area contributed by atoms with Crippen molar-refractivity contribution in [3.05, 3.63) is 11.6 Å². The lowest BCUT2D eigenvalue weighted by molar-refractivity contribution is -0.128. The molecule has 4 aliphatic rings. The zero-order valence-electron chi connectivity index (χ0n) is 15.8. The average molecular weight is 331 g/mol. The van der Waals surface area contributed by atoms with E-state index in [0.29, 0.717) is 23.0 Å². The summed E-state index contributed by atoms with van der Waals surface area (Å²) in [6, 6.07) is 0. The predicted octanol–water partition coefficient (Wildman–Crippen LogP) is 4.76. The molecule has 2 heteroatoms. The van der Waals surface area contributed by atoms with E-state index in [4.69, 9.17) is 0 Å². The Morgan fingerprint density at radius 2 is 1.96 bits per heavy atom. The van der Waals surface area contributed by atoms with Gasteiger partial charge in [0.1, 0.15) is 5.78 Å². The summed E-state index contributed by atoms with van der Waals surface area (Å²) >= 11 is 0. The van der Waals surface area contributed by atoms with E-state index in [2.05, 4.69) is 26.8 Å². The number of rotatable bonds is 1. The van der Waals surface area contributed by atoms with Gasteiger partial charge in [-0.05, 0) is 86.4 Å². The fraction of sp³-hybridized carbons (Fsp3) is 0.864. The number of allylic oxidation sites excluding steroid dienone is 1. The number of hydrogen-bond donors (Lipinski definition) is 1. The van der Waals surface area contributed by atoms with Crippen LogP contribution in [0.2, 0.25) is 0 Å². The maximum absolute atomic E-state index is 12.4. The maximum atomic E-state index is 12.4. The summed E-state index contributed by atoms with van der Waals surface area (Å²) in [7, 11) is 0. The minimum Gasteiger partial charge on any atom is -0.393 e. The fourth-order valence-electron chi connectivity index (χ4n) is 7.87. The van der Waals surface area contributed by atoms with Crippen molar-refractivity contribution in [2.75, 3.05) is 0 Å². The highest BCUT2D eigenvalue weighted by Gasteiger charge is 2.61. The molecule has 0 spiro atoms. The van der Waals surface area contributed by atoms with E-state index in [1.54, 1.807) is 5.57 Å². The van der Waals surface area contributed by atoms with Gasteiger partial charge in [0, 0.05) is 5.92 Å². The first-order chi connectivity index (χ1) is 11.3. The third kappa shape index (κ3) is 2.14. The number of ketones is 1. The van der Waals surface area contributed by atoms with Crippen molar-refractivity contribution >= 4 is 5.78 Å². The molecule has 1 N–H and O–H groups in total. The highest BCUT2D eigenvalue weighted by Crippen LogP contribution is 2.67. The Bertz CT molecular complexity index is 579. The molecule has 3 saturated carbocycles. The van der Waals surface area contributed by atoms with E-state index in [9.17, 15) is 9.90 Å². The van der Waals surface area contributed by atoms with Gasteiger partial charge in [0.05, 0.1) is 6.10 Å². The zero-order valence-corrected chi connectivity index (χ0v) is 15.8. The highest BCUT2D eigenvalue weighted by molar-refractivity contribution is 5.80. The van der Waals surface area contributed by atoms with Crippen LogP contribution in [-0.2, 0) is 4.79 Å². The molecule has 24 heavy (non-hydrogen) atoms. The van der Waals surface area contributed by atoms with Crippen LogP contribution >= 0.6 is 0 Å². The van der Waals surface area contributed by atoms with E-state index >= 15 is 0 Å². The molecule has 0 heterocycles. The lowest BCUT2D eigenvalue weighted by Crippen LogP contribution is -2.51. The third-order valence-electron chi connectivity index (χ3n) is 8.86. The zero-order chi connectivity index (χ0) is 17.3. The Morgan fingerprint density at radius 1 is 1.21 bits per heavy atom. The van der Waals surface area contributed by atoms with Gasteiger partial charge in [0.2, 0.25) is 0 Å². The quantitative estimate of drug-likeness (QED) is 0.704. The molecule has 2 nitrogen and oxygen atoms in total. The van der Waals surface area contributed by atoms with Crippen LogP contribution in [0.4, 0.5) is 0 Å². The van der Waals surface area contributed by atoms with Gasteiger partial charge in [-0.2, -0.15) is 0 Å². The standard InChI is InChI=1S/C22H34O2/c1-13-11-19-17-6-5-15-12-16(24)7-9-21(15,3)18(17)8-10-22(19,4)20(13)14(2)23/h5,13,16-20,24H,6-12H2,1-4H3/t13-,16+,17+,18-,19-,20+,21+,22-/m1/s1. The molecule has 0 amide bonds. The van der Waals surface area contributed by atoms with Gasteiger partial charge in [0.15, 0.2) is 0 Å². The SMILES string of the molecule is CC(=O)[C@@H]1[C@H](C)C[C@@H]2[C@H]3CC=C4C[C@@H](O)CC[C@]4(C)[C@@H]3CC[C@]21C. The Morgan fingerprint density at radius 3 is 2.67 bits per heavy atom. The van der Waals surface area contributed by atoms with Crippen molar-refractivity contribution in [3.8, 4) is 0 Å². The molecular weight excluding hydrogens is 296 g/mol. The monoisotopic (exact) mass is 330 g/mol. The van der Waals surface area contributed by atoms with Crippen LogP contribution in [-0.4, -0.2) is 17.0 Å². The van der Waals surface area contributed by atoms with Crippen molar-refractivity contribution in [1.82, 2.24) is 0 Å². The summed E-state index contributed by atoms with van der Waals surface area (Å²) in [6.07, 6.45) is 10.3. The van der Waals surface area contributed by atoms with E-state index in [-0.39, 0.29) is 17.4 Å². The van der Waals surface area contributed by atoms with Crippen LogP contribution in [0.5, 0.6) is 0 Å². The molecule has 0 saturated heterocycles. The summed E-state index contributed by atoms with van der Waals surface area (Å²) in [4.78, 5) is 12.4. The lowest BCUT2D eigenvalue weighted by Gasteiger charge is -2.57. The summed E-state index contributed by atoms with van der Waals surface area (Å²) in [5.74, 6) is 3.46. The molecule has 0 bridgehead atoms. The maximum Gasteiger partial charge on any atom is 0.133 e. The number of fused-ring (bicyclic) bond motifs is 5. The largest absolute Gasteiger partial charge is 0.393 e. The topological polar surface area (TPSA) is 37.3 Å². The molecule has 0 aromatic rings. The van der Waals surface area contributed by atoms with Crippen LogP contribution in [0.25, 0.3) is 0 Å². The van der Waals surface area contributed by atoms with Gasteiger partial charge in [-0.25, -0.2) is 0 Å². The summed E-state index contributed by atoms with van der Waals surface area (Å²) in [6.45, 7) is 9.04. The number of carbonyl (C=O) groups excluding carboxylic acids is 1. The number of hydrogen-bond acceptors (Lipinski definition) is 2. The van der Waals surface area contributed by atoms with Gasteiger partial charge in [-0.3, -0.25) is 4.79 Å². The minimum absolute atomic E-state index is 0.122. The fourth-order valence-corrected chi connectivity index (χ4v) is 7.87. The van der Waals surface area contributed by atoms with Crippen LogP contribution < -0.4 is 0 Å². The van der Waals surface area contributed by atoms with Gasteiger partial charge in [-0.1, -0.05) is 32.4 Å². The van der Waals surface area contributed by atoms with Gasteiger partial charge >= 0.3 is 0 Å². The summed E-state index contributed by atoms with van der Waals surface area (Å²) in [5, 5.41) is 10.1. The molecule has 0 radical (unpaired) electrons. The predicted molar refractivity (Wildman–Crippen MR) is 96.4 cm³/mol. The number of aliphatic hydroxyl groups excluding tert-OH is 1. The Hall–Kier alpha value is -0.630. The molecule has 0 aromatic carbocycles. The van der Waals surface area contributed by atoms with E-state index in [0.717, 1.165) is 31.1 Å². The molecule has 0 unspecified atom stereocenters. The third-order valence-corrected chi connectivity index (χ3v) is 8.86.